The van der Waals surface area contributed by atoms with Crippen LogP contribution in [-0.2, 0) is 6.42 Å². The molecule has 6 heteroatoms. The van der Waals surface area contributed by atoms with E-state index in [2.05, 4.69) is 77.8 Å². The molecule has 1 amide bonds. The van der Waals surface area contributed by atoms with Gasteiger partial charge in [0.15, 0.2) is 0 Å². The molecule has 4 N–H and O–H groups in total. The Morgan fingerprint density at radius 2 is 1.79 bits per heavy atom. The number of pyridine rings is 1. The van der Waals surface area contributed by atoms with E-state index >= 15 is 0 Å². The van der Waals surface area contributed by atoms with Crippen LogP contribution in [0.1, 0.15) is 29.8 Å². The number of hydrogen-bond acceptors (Lipinski definition) is 5. The van der Waals surface area contributed by atoms with Gasteiger partial charge in [-0.05, 0) is 60.3 Å². The highest BCUT2D eigenvalue weighted by atomic mass is 16.1. The smallest absolute Gasteiger partial charge is 0.251 e. The molecule has 33 heavy (non-hydrogen) atoms. The Hall–Kier alpha value is -3.38. The van der Waals surface area contributed by atoms with Gasteiger partial charge in [0.2, 0.25) is 0 Å². The highest BCUT2D eigenvalue weighted by Crippen LogP contribution is 2.32. The summed E-state index contributed by atoms with van der Waals surface area (Å²) in [5, 5.41) is 6.29. The number of amides is 1. The highest BCUT2D eigenvalue weighted by Gasteiger charge is 2.18. The van der Waals surface area contributed by atoms with Crippen LogP contribution in [-0.4, -0.2) is 44.1 Å². The number of carbonyl (C=O) groups is 1. The van der Waals surface area contributed by atoms with Crippen LogP contribution >= 0.6 is 0 Å². The van der Waals surface area contributed by atoms with Crippen LogP contribution in [0.25, 0.3) is 22.3 Å². The third-order valence-electron chi connectivity index (χ3n) is 6.55. The summed E-state index contributed by atoms with van der Waals surface area (Å²) in [6, 6.07) is 17.0. The molecule has 2 aromatic carbocycles. The van der Waals surface area contributed by atoms with Crippen LogP contribution in [0.2, 0.25) is 0 Å². The number of benzene rings is 2. The summed E-state index contributed by atoms with van der Waals surface area (Å²) < 4.78 is 0. The number of likely N-dealkylation sites (N-methyl/N-ethyl adjacent to an activating group) is 2. The predicted octanol–water partition coefficient (Wildman–Crippen LogP) is 3.96. The van der Waals surface area contributed by atoms with Gasteiger partial charge in [0.25, 0.3) is 5.91 Å². The van der Waals surface area contributed by atoms with E-state index in [1.807, 2.05) is 25.4 Å². The van der Waals surface area contributed by atoms with Crippen LogP contribution < -0.4 is 21.3 Å². The Bertz CT molecular complexity index is 1140. The number of nitrogen functional groups attached to an aromatic ring is 1. The molecule has 2 heterocycles. The molecule has 6 nitrogen and oxygen atoms in total. The van der Waals surface area contributed by atoms with Crippen molar-refractivity contribution in [2.45, 2.75) is 26.3 Å². The van der Waals surface area contributed by atoms with Crippen LogP contribution in [0.5, 0.6) is 0 Å². The predicted molar refractivity (Wildman–Crippen MR) is 137 cm³/mol. The number of aromatic nitrogens is 1. The molecule has 3 aromatic rings. The van der Waals surface area contributed by atoms with Crippen molar-refractivity contribution in [2.75, 3.05) is 37.8 Å². The molecule has 0 unspecified atom stereocenters. The zero-order chi connectivity index (χ0) is 23.5. The van der Waals surface area contributed by atoms with E-state index in [1.165, 1.54) is 5.69 Å². The maximum absolute atomic E-state index is 12.1. The second-order valence-corrected chi connectivity index (χ2v) is 9.10. The van der Waals surface area contributed by atoms with E-state index in [0.717, 1.165) is 46.3 Å². The summed E-state index contributed by atoms with van der Waals surface area (Å²) in [7, 11) is 4.14. The van der Waals surface area contributed by atoms with Crippen LogP contribution in [0.4, 0.5) is 11.5 Å². The van der Waals surface area contributed by atoms with Crippen molar-refractivity contribution in [3.63, 3.8) is 0 Å². The zero-order valence-electron chi connectivity index (χ0n) is 19.9. The SMILES string of the molecule is CN[C@@H](CN(C)c1ccc(-c2cnc(N)c(-c3ccc4c(c3)CCNC4=O)c2)cc1)C(C)C. The van der Waals surface area contributed by atoms with Crippen LogP contribution in [0.15, 0.2) is 54.7 Å². The molecule has 0 bridgehead atoms. The van der Waals surface area contributed by atoms with Crippen molar-refractivity contribution in [1.82, 2.24) is 15.6 Å². The Morgan fingerprint density at radius 1 is 1.06 bits per heavy atom. The van der Waals surface area contributed by atoms with E-state index in [-0.39, 0.29) is 5.91 Å². The largest absolute Gasteiger partial charge is 0.383 e. The normalized spacial score (nSPS) is 14.0. The third-order valence-corrected chi connectivity index (χ3v) is 6.55. The van der Waals surface area contributed by atoms with Gasteiger partial charge in [0, 0.05) is 54.8 Å². The first-order valence-electron chi connectivity index (χ1n) is 11.5. The summed E-state index contributed by atoms with van der Waals surface area (Å²) in [6.07, 6.45) is 2.64. The average molecular weight is 444 g/mol. The van der Waals surface area contributed by atoms with Crippen molar-refractivity contribution >= 4 is 17.4 Å². The van der Waals surface area contributed by atoms with E-state index in [9.17, 15) is 4.79 Å². The summed E-state index contributed by atoms with van der Waals surface area (Å²) in [5.41, 5.74) is 13.2. The zero-order valence-corrected chi connectivity index (χ0v) is 19.9. The number of hydrogen-bond donors (Lipinski definition) is 3. The Morgan fingerprint density at radius 3 is 2.48 bits per heavy atom. The lowest BCUT2D eigenvalue weighted by Crippen LogP contribution is -2.41. The van der Waals surface area contributed by atoms with Gasteiger partial charge in [-0.15, -0.1) is 0 Å². The summed E-state index contributed by atoms with van der Waals surface area (Å²) in [5.74, 6) is 1.04. The minimum Gasteiger partial charge on any atom is -0.383 e. The monoisotopic (exact) mass is 443 g/mol. The first-order valence-corrected chi connectivity index (χ1v) is 11.5. The number of nitrogens with one attached hydrogen (secondary N) is 2. The van der Waals surface area contributed by atoms with E-state index < -0.39 is 0 Å². The maximum atomic E-state index is 12.1. The van der Waals surface area contributed by atoms with Gasteiger partial charge in [0.1, 0.15) is 5.82 Å². The van der Waals surface area contributed by atoms with Crippen molar-refractivity contribution in [2.24, 2.45) is 5.92 Å². The Labute approximate surface area is 196 Å². The maximum Gasteiger partial charge on any atom is 0.251 e. The molecular weight excluding hydrogens is 410 g/mol. The molecule has 0 radical (unpaired) electrons. The molecule has 0 saturated carbocycles. The number of carbonyl (C=O) groups excluding carboxylic acids is 1. The lowest BCUT2D eigenvalue weighted by Gasteiger charge is -2.28. The molecule has 0 spiro atoms. The van der Waals surface area contributed by atoms with Crippen molar-refractivity contribution in [3.05, 3.63) is 65.9 Å². The molecule has 4 rings (SSSR count). The second kappa shape index (κ2) is 9.63. The van der Waals surface area contributed by atoms with Gasteiger partial charge in [-0.25, -0.2) is 4.98 Å². The quantitative estimate of drug-likeness (QED) is 0.515. The molecule has 1 aliphatic heterocycles. The summed E-state index contributed by atoms with van der Waals surface area (Å²) >= 11 is 0. The standard InChI is InChI=1S/C27H33N5O/c1-17(2)25(29-3)16-32(4)22-8-5-18(6-9-22)21-14-24(26(28)31-15-21)19-7-10-23-20(13-19)11-12-30-27(23)33/h5-10,13-15,17,25,29H,11-12,16H2,1-4H3,(H2,28,31)(H,30,33)/t25-/m0/s1. The molecule has 172 valence electrons. The number of anilines is 2. The lowest BCUT2D eigenvalue weighted by atomic mass is 9.94. The van der Waals surface area contributed by atoms with Crippen LogP contribution in [0, 0.1) is 5.92 Å². The van der Waals surface area contributed by atoms with Gasteiger partial charge in [0.05, 0.1) is 0 Å². The number of nitrogens with zero attached hydrogens (tertiary/aromatic N) is 2. The van der Waals surface area contributed by atoms with Gasteiger partial charge in [-0.3, -0.25) is 4.79 Å². The molecule has 0 saturated heterocycles. The topological polar surface area (TPSA) is 83.3 Å². The molecule has 0 fully saturated rings. The molecule has 0 aliphatic carbocycles. The van der Waals surface area contributed by atoms with Gasteiger partial charge < -0.3 is 21.3 Å². The Balaban J connectivity index is 1.59. The van der Waals surface area contributed by atoms with E-state index in [0.29, 0.717) is 24.3 Å². The molecule has 1 aromatic heterocycles. The van der Waals surface area contributed by atoms with Crippen molar-refractivity contribution in [3.8, 4) is 22.3 Å². The fourth-order valence-corrected chi connectivity index (χ4v) is 4.40. The lowest BCUT2D eigenvalue weighted by molar-refractivity contribution is 0.0946. The highest BCUT2D eigenvalue weighted by molar-refractivity contribution is 5.97. The average Bonchev–Trinajstić information content (AvgIpc) is 2.82. The molecule has 1 atom stereocenters. The third kappa shape index (κ3) is 4.86. The Kier molecular flexibility index (Phi) is 6.65. The minimum absolute atomic E-state index is 0.0119. The van der Waals surface area contributed by atoms with Crippen molar-refractivity contribution in [1.29, 1.82) is 0 Å². The summed E-state index contributed by atoms with van der Waals surface area (Å²) in [4.78, 5) is 18.8. The first-order chi connectivity index (χ1) is 15.9. The minimum atomic E-state index is -0.0119. The molecular formula is C27H33N5O. The van der Waals surface area contributed by atoms with E-state index in [4.69, 9.17) is 5.73 Å². The number of rotatable bonds is 7. The van der Waals surface area contributed by atoms with Gasteiger partial charge >= 0.3 is 0 Å². The molecule has 1 aliphatic rings. The van der Waals surface area contributed by atoms with Gasteiger partial charge in [-0.1, -0.05) is 38.1 Å². The van der Waals surface area contributed by atoms with E-state index in [1.54, 1.807) is 0 Å². The fourth-order valence-electron chi connectivity index (χ4n) is 4.40. The summed E-state index contributed by atoms with van der Waals surface area (Å²) in [6.45, 7) is 6.08. The van der Waals surface area contributed by atoms with Gasteiger partial charge in [-0.2, -0.15) is 0 Å². The second-order valence-electron chi connectivity index (χ2n) is 9.10. The fraction of sp³-hybridized carbons (Fsp3) is 0.333. The number of nitrogens with two attached hydrogens (primary N) is 1. The first kappa shape index (κ1) is 22.8. The van der Waals surface area contributed by atoms with Crippen molar-refractivity contribution < 1.29 is 4.79 Å². The number of fused-ring (bicyclic) bond motifs is 1. The van der Waals surface area contributed by atoms with Crippen LogP contribution in [0.3, 0.4) is 0 Å².